The van der Waals surface area contributed by atoms with Gasteiger partial charge in [-0.3, -0.25) is 0 Å². The molecule has 0 aliphatic rings. The van der Waals surface area contributed by atoms with Gasteiger partial charge in [0.2, 0.25) is 0 Å². The molecule has 0 unspecified atom stereocenters. The Morgan fingerprint density at radius 2 is 1.02 bits per heavy atom. The maximum atomic E-state index is 2.55. The molecule has 0 N–H and O–H groups in total. The predicted octanol–water partition coefficient (Wildman–Crippen LogP) is 12.3. The maximum absolute atomic E-state index is 2.55. The van der Waals surface area contributed by atoms with Crippen LogP contribution in [-0.2, 0) is 0 Å². The van der Waals surface area contributed by atoms with E-state index >= 15 is 0 Å². The largest absolute Gasteiger partial charge is 0.308 e. The summed E-state index contributed by atoms with van der Waals surface area (Å²) < 4.78 is 5.25. The van der Waals surface area contributed by atoms with Crippen molar-refractivity contribution in [2.24, 2.45) is 0 Å². The second-order valence-electron chi connectivity index (χ2n) is 11.6. The molecule has 2 aromatic heterocycles. The smallest absolute Gasteiger partial charge is 0.0634 e. The summed E-state index contributed by atoms with van der Waals surface area (Å²) in [5, 5.41) is 13.0. The van der Waals surface area contributed by atoms with Crippen LogP contribution in [0.2, 0.25) is 0 Å². The molecule has 2 heteroatoms. The highest BCUT2D eigenvalue weighted by Gasteiger charge is 2.24. The van der Waals surface area contributed by atoms with E-state index in [1.54, 1.807) is 0 Å². The van der Waals surface area contributed by atoms with Gasteiger partial charge in [0.1, 0.15) is 0 Å². The fourth-order valence-corrected chi connectivity index (χ4v) is 8.91. The molecule has 0 radical (unpaired) electrons. The third-order valence-corrected chi connectivity index (χ3v) is 10.6. The van der Waals surface area contributed by atoms with Crippen molar-refractivity contribution in [3.63, 3.8) is 0 Å². The van der Waals surface area contributed by atoms with Crippen LogP contribution in [-0.4, -0.2) is 4.57 Å². The van der Waals surface area contributed by atoms with E-state index in [2.05, 4.69) is 156 Å². The van der Waals surface area contributed by atoms with Gasteiger partial charge in [-0.15, -0.1) is 11.3 Å². The number of thiophene rings is 1. The Morgan fingerprint density at radius 3 is 1.86 bits per heavy atom. The van der Waals surface area contributed by atoms with Crippen molar-refractivity contribution in [2.45, 2.75) is 0 Å². The monoisotopic (exact) mass is 575 g/mol. The first-order valence-electron chi connectivity index (χ1n) is 15.1. The highest BCUT2D eigenvalue weighted by atomic mass is 32.1. The van der Waals surface area contributed by atoms with Gasteiger partial charge in [0.15, 0.2) is 0 Å². The van der Waals surface area contributed by atoms with Crippen molar-refractivity contribution in [3.8, 4) is 16.8 Å². The van der Waals surface area contributed by atoms with Crippen LogP contribution in [0.4, 0.5) is 0 Å². The van der Waals surface area contributed by atoms with E-state index in [4.69, 9.17) is 0 Å². The molecule has 0 saturated carbocycles. The molecule has 1 nitrogen and oxygen atoms in total. The molecule has 0 aliphatic heterocycles. The van der Waals surface area contributed by atoms with E-state index in [1.807, 2.05) is 11.3 Å². The van der Waals surface area contributed by atoms with E-state index in [0.29, 0.717) is 0 Å². The summed E-state index contributed by atoms with van der Waals surface area (Å²) in [5.41, 5.74) is 6.30. The molecular formula is C42H25NS. The molecule has 0 atom stereocenters. The quantitative estimate of drug-likeness (QED) is 0.193. The van der Waals surface area contributed by atoms with Crippen molar-refractivity contribution in [1.29, 1.82) is 0 Å². The second kappa shape index (κ2) is 9.03. The number of benzene rings is 8. The lowest BCUT2D eigenvalue weighted by molar-refractivity contribution is 1.21. The Labute approximate surface area is 257 Å². The maximum Gasteiger partial charge on any atom is 0.0634 e. The molecule has 2 heterocycles. The summed E-state index contributed by atoms with van der Waals surface area (Å²) in [5.74, 6) is 0. The topological polar surface area (TPSA) is 4.93 Å². The molecular weight excluding hydrogens is 551 g/mol. The molecule has 204 valence electrons. The van der Waals surface area contributed by atoms with Crippen molar-refractivity contribution in [1.82, 2.24) is 4.57 Å². The molecule has 44 heavy (non-hydrogen) atoms. The van der Waals surface area contributed by atoms with Crippen LogP contribution in [0.15, 0.2) is 152 Å². The first-order chi connectivity index (χ1) is 21.9. The SMILES string of the molecule is c1ccc(-c2cccc3c2sc2c3c3ccccc3c3c2c2c4ccccc4ccc2n3-c2cccc3ccccc23)cc1. The molecule has 0 fully saturated rings. The zero-order chi connectivity index (χ0) is 28.8. The standard InChI is InChI=1S/C42H25NS/c1-2-12-27(13-3-1)31-21-11-22-34-37-32-19-8-9-20-33(32)40-39(42(37)44-41(31)34)38-30-18-7-5-15-28(30)24-25-36(38)43(40)35-23-10-16-26-14-4-6-17-29(26)35/h1-25H. The van der Waals surface area contributed by atoms with E-state index < -0.39 is 0 Å². The lowest BCUT2D eigenvalue weighted by atomic mass is 9.96. The Morgan fingerprint density at radius 1 is 0.386 bits per heavy atom. The third-order valence-electron chi connectivity index (χ3n) is 9.34. The van der Waals surface area contributed by atoms with Gasteiger partial charge in [-0.05, 0) is 44.8 Å². The number of hydrogen-bond acceptors (Lipinski definition) is 1. The Kier molecular flexibility index (Phi) is 4.94. The fourth-order valence-electron chi connectivity index (χ4n) is 7.50. The molecule has 10 rings (SSSR count). The zero-order valence-electron chi connectivity index (χ0n) is 23.8. The predicted molar refractivity (Wildman–Crippen MR) is 192 cm³/mol. The van der Waals surface area contributed by atoms with E-state index in [1.165, 1.54) is 91.1 Å². The highest BCUT2D eigenvalue weighted by molar-refractivity contribution is 7.27. The molecule has 8 aromatic carbocycles. The van der Waals surface area contributed by atoms with Crippen LogP contribution in [0, 0.1) is 0 Å². The summed E-state index contributed by atoms with van der Waals surface area (Å²) in [7, 11) is 0. The van der Waals surface area contributed by atoms with Crippen LogP contribution in [0.5, 0.6) is 0 Å². The molecule has 0 spiro atoms. The van der Waals surface area contributed by atoms with Gasteiger partial charge in [-0.2, -0.15) is 0 Å². The number of fused-ring (bicyclic) bond motifs is 13. The lowest BCUT2D eigenvalue weighted by Gasteiger charge is -2.13. The van der Waals surface area contributed by atoms with Crippen molar-refractivity contribution in [2.75, 3.05) is 0 Å². The van der Waals surface area contributed by atoms with Crippen LogP contribution in [0.3, 0.4) is 0 Å². The lowest BCUT2D eigenvalue weighted by Crippen LogP contribution is -1.96. The van der Waals surface area contributed by atoms with Crippen LogP contribution < -0.4 is 0 Å². The summed E-state index contributed by atoms with van der Waals surface area (Å²) in [4.78, 5) is 0. The van der Waals surface area contributed by atoms with E-state index in [0.717, 1.165) is 0 Å². The Hall–Kier alpha value is -5.44. The molecule has 0 aliphatic carbocycles. The third kappa shape index (κ3) is 3.18. The number of nitrogens with zero attached hydrogens (tertiary/aromatic N) is 1. The number of aromatic nitrogens is 1. The zero-order valence-corrected chi connectivity index (χ0v) is 24.6. The van der Waals surface area contributed by atoms with Gasteiger partial charge in [-0.25, -0.2) is 0 Å². The van der Waals surface area contributed by atoms with Gasteiger partial charge < -0.3 is 4.57 Å². The fraction of sp³-hybridized carbons (Fsp3) is 0. The number of hydrogen-bond donors (Lipinski definition) is 0. The first-order valence-corrected chi connectivity index (χ1v) is 15.9. The van der Waals surface area contributed by atoms with E-state index in [-0.39, 0.29) is 0 Å². The average Bonchev–Trinajstić information content (AvgIpc) is 3.66. The van der Waals surface area contributed by atoms with Gasteiger partial charge >= 0.3 is 0 Å². The van der Waals surface area contributed by atoms with Crippen LogP contribution in [0.1, 0.15) is 0 Å². The minimum atomic E-state index is 1.22. The normalized spacial score (nSPS) is 12.1. The number of rotatable bonds is 2. The second-order valence-corrected chi connectivity index (χ2v) is 12.7. The molecule has 0 saturated heterocycles. The van der Waals surface area contributed by atoms with Crippen LogP contribution >= 0.6 is 11.3 Å². The van der Waals surface area contributed by atoms with Crippen LogP contribution in [0.25, 0.3) is 91.1 Å². The summed E-state index contributed by atoms with van der Waals surface area (Å²) in [6.07, 6.45) is 0. The average molecular weight is 576 g/mol. The molecule has 0 bridgehead atoms. The molecule has 0 amide bonds. The highest BCUT2D eigenvalue weighted by Crippen LogP contribution is 2.51. The minimum Gasteiger partial charge on any atom is -0.308 e. The first kappa shape index (κ1) is 24.0. The molecule has 10 aromatic rings. The van der Waals surface area contributed by atoms with Gasteiger partial charge in [-0.1, -0.05) is 140 Å². The van der Waals surface area contributed by atoms with Gasteiger partial charge in [0, 0.05) is 41.7 Å². The van der Waals surface area contributed by atoms with Crippen molar-refractivity contribution < 1.29 is 0 Å². The Bertz CT molecular complexity index is 2760. The Balaban J connectivity index is 1.52. The van der Waals surface area contributed by atoms with Gasteiger partial charge in [0.25, 0.3) is 0 Å². The summed E-state index contributed by atoms with van der Waals surface area (Å²) >= 11 is 1.95. The van der Waals surface area contributed by atoms with Crippen molar-refractivity contribution in [3.05, 3.63) is 152 Å². The van der Waals surface area contributed by atoms with Gasteiger partial charge in [0.05, 0.1) is 16.7 Å². The van der Waals surface area contributed by atoms with Crippen molar-refractivity contribution >= 4 is 85.6 Å². The summed E-state index contributed by atoms with van der Waals surface area (Å²) in [6.45, 7) is 0. The minimum absolute atomic E-state index is 1.22. The van der Waals surface area contributed by atoms with E-state index in [9.17, 15) is 0 Å². The summed E-state index contributed by atoms with van der Waals surface area (Å²) in [6, 6.07) is 55.6.